The first-order valence-electron chi connectivity index (χ1n) is 6.72. The van der Waals surface area contributed by atoms with Crippen LogP contribution < -0.4 is 10.5 Å². The van der Waals surface area contributed by atoms with Gasteiger partial charge in [0.05, 0.1) is 17.5 Å². The summed E-state index contributed by atoms with van der Waals surface area (Å²) in [6.07, 6.45) is 0.171. The Morgan fingerprint density at radius 2 is 2.05 bits per heavy atom. The van der Waals surface area contributed by atoms with E-state index >= 15 is 0 Å². The largest absolute Gasteiger partial charge is 0.490 e. The molecule has 0 bridgehead atoms. The van der Waals surface area contributed by atoms with Gasteiger partial charge in [0, 0.05) is 19.0 Å². The average molecular weight is 311 g/mol. The van der Waals surface area contributed by atoms with E-state index in [2.05, 4.69) is 0 Å². The van der Waals surface area contributed by atoms with Crippen molar-refractivity contribution in [1.82, 2.24) is 4.31 Å². The Morgan fingerprint density at radius 3 is 2.62 bits per heavy atom. The Morgan fingerprint density at radius 1 is 1.38 bits per heavy atom. The quantitative estimate of drug-likeness (QED) is 0.736. The maximum Gasteiger partial charge on any atom is 0.217 e. The van der Waals surface area contributed by atoms with Gasteiger partial charge in [0.1, 0.15) is 12.4 Å². The van der Waals surface area contributed by atoms with Crippen molar-refractivity contribution in [1.29, 1.82) is 5.26 Å². The molecule has 6 nitrogen and oxygen atoms in total. The fourth-order valence-electron chi connectivity index (χ4n) is 1.86. The molecule has 116 valence electrons. The lowest BCUT2D eigenvalue weighted by Crippen LogP contribution is -2.40. The van der Waals surface area contributed by atoms with E-state index in [1.165, 1.54) is 4.31 Å². The summed E-state index contributed by atoms with van der Waals surface area (Å²) in [7, 11) is -3.46. The second-order valence-electron chi connectivity index (χ2n) is 4.81. The van der Waals surface area contributed by atoms with Gasteiger partial charge in [-0.15, -0.1) is 0 Å². The molecule has 0 fully saturated rings. The summed E-state index contributed by atoms with van der Waals surface area (Å²) in [5.41, 5.74) is 6.20. The molecule has 1 rings (SSSR count). The van der Waals surface area contributed by atoms with E-state index in [1.807, 2.05) is 6.07 Å². The Hall–Kier alpha value is -1.78. The first kappa shape index (κ1) is 17.3. The van der Waals surface area contributed by atoms with Crippen LogP contribution in [0.2, 0.25) is 0 Å². The Labute approximate surface area is 126 Å². The van der Waals surface area contributed by atoms with Crippen LogP contribution in [-0.2, 0) is 10.0 Å². The molecule has 0 amide bonds. The van der Waals surface area contributed by atoms with Crippen LogP contribution in [0.1, 0.15) is 20.3 Å². The van der Waals surface area contributed by atoms with Gasteiger partial charge in [0.15, 0.2) is 0 Å². The van der Waals surface area contributed by atoms with Crippen molar-refractivity contribution in [3.05, 3.63) is 24.3 Å². The van der Waals surface area contributed by atoms with Crippen molar-refractivity contribution in [2.45, 2.75) is 26.3 Å². The summed E-state index contributed by atoms with van der Waals surface area (Å²) in [5.74, 6) is 0.325. The topological polar surface area (TPSA) is 96.4 Å². The molecule has 1 aromatic rings. The van der Waals surface area contributed by atoms with Crippen molar-refractivity contribution in [2.24, 2.45) is 0 Å². The number of para-hydroxylation sites is 2. The maximum absolute atomic E-state index is 12.3. The molecule has 1 aromatic carbocycles. The fraction of sp³-hybridized carbons (Fsp3) is 0.500. The van der Waals surface area contributed by atoms with E-state index in [0.717, 1.165) is 0 Å². The van der Waals surface area contributed by atoms with Crippen molar-refractivity contribution < 1.29 is 13.2 Å². The van der Waals surface area contributed by atoms with E-state index < -0.39 is 10.0 Å². The molecule has 7 heteroatoms. The number of sulfonamides is 1. The summed E-state index contributed by atoms with van der Waals surface area (Å²) in [5, 5.41) is 8.61. The number of benzene rings is 1. The van der Waals surface area contributed by atoms with Crippen LogP contribution in [0.5, 0.6) is 5.75 Å². The van der Waals surface area contributed by atoms with Crippen molar-refractivity contribution >= 4 is 15.7 Å². The van der Waals surface area contributed by atoms with Crippen molar-refractivity contribution in [3.8, 4) is 11.8 Å². The molecule has 0 aliphatic heterocycles. The number of hydrogen-bond acceptors (Lipinski definition) is 5. The van der Waals surface area contributed by atoms with Crippen LogP contribution in [-0.4, -0.2) is 37.7 Å². The molecular formula is C14H21N3O3S. The highest BCUT2D eigenvalue weighted by molar-refractivity contribution is 7.89. The minimum Gasteiger partial charge on any atom is -0.490 e. The number of nitrogens with two attached hydrogens (primary N) is 1. The predicted molar refractivity (Wildman–Crippen MR) is 82.2 cm³/mol. The average Bonchev–Trinajstić information content (AvgIpc) is 2.40. The number of nitrogens with zero attached hydrogens (tertiary/aromatic N) is 2. The van der Waals surface area contributed by atoms with Crippen LogP contribution in [0.15, 0.2) is 24.3 Å². The van der Waals surface area contributed by atoms with Gasteiger partial charge >= 0.3 is 0 Å². The van der Waals surface area contributed by atoms with Crippen LogP contribution in [0.25, 0.3) is 0 Å². The van der Waals surface area contributed by atoms with Gasteiger partial charge in [0.2, 0.25) is 10.0 Å². The second-order valence-corrected chi connectivity index (χ2v) is 6.86. The predicted octanol–water partition coefficient (Wildman–Crippen LogP) is 1.60. The highest BCUT2D eigenvalue weighted by Gasteiger charge is 2.24. The minimum atomic E-state index is -3.46. The number of nitrogen functional groups attached to an aromatic ring is 1. The molecule has 0 radical (unpaired) electrons. The first-order valence-corrected chi connectivity index (χ1v) is 8.33. The Bertz CT molecular complexity index is 594. The summed E-state index contributed by atoms with van der Waals surface area (Å²) < 4.78 is 31.3. The van der Waals surface area contributed by atoms with Gasteiger partial charge in [-0.25, -0.2) is 8.42 Å². The van der Waals surface area contributed by atoms with Gasteiger partial charge in [-0.1, -0.05) is 12.1 Å². The maximum atomic E-state index is 12.3. The highest BCUT2D eigenvalue weighted by atomic mass is 32.2. The first-order chi connectivity index (χ1) is 9.88. The minimum absolute atomic E-state index is 0.0202. The van der Waals surface area contributed by atoms with Crippen LogP contribution in [0, 0.1) is 11.3 Å². The molecule has 0 saturated carbocycles. The van der Waals surface area contributed by atoms with Crippen LogP contribution in [0.3, 0.4) is 0 Å². The smallest absolute Gasteiger partial charge is 0.217 e. The summed E-state index contributed by atoms with van der Waals surface area (Å²) in [6.45, 7) is 3.78. The zero-order chi connectivity index (χ0) is 15.9. The monoisotopic (exact) mass is 311 g/mol. The van der Waals surface area contributed by atoms with Crippen LogP contribution >= 0.6 is 0 Å². The lowest BCUT2D eigenvalue weighted by Gasteiger charge is -2.25. The summed E-state index contributed by atoms with van der Waals surface area (Å²) in [4.78, 5) is 0. The number of hydrogen-bond donors (Lipinski definition) is 1. The van der Waals surface area contributed by atoms with Gasteiger partial charge < -0.3 is 10.5 Å². The van der Waals surface area contributed by atoms with Gasteiger partial charge in [-0.3, -0.25) is 0 Å². The number of ether oxygens (including phenoxy) is 1. The highest BCUT2D eigenvalue weighted by Crippen LogP contribution is 2.19. The molecule has 0 saturated heterocycles. The molecule has 0 unspecified atom stereocenters. The Kier molecular flexibility index (Phi) is 6.46. The third-order valence-electron chi connectivity index (χ3n) is 2.90. The SMILES string of the molecule is CC(C)N(CCC#N)S(=O)(=O)CCOc1ccccc1N. The third-order valence-corrected chi connectivity index (χ3v) is 4.90. The van der Waals surface area contributed by atoms with Gasteiger partial charge in [-0.2, -0.15) is 9.57 Å². The molecule has 0 heterocycles. The Balaban J connectivity index is 2.63. The van der Waals surface area contributed by atoms with E-state index in [1.54, 1.807) is 38.1 Å². The summed E-state index contributed by atoms with van der Waals surface area (Å²) >= 11 is 0. The van der Waals surface area contributed by atoms with E-state index in [-0.39, 0.29) is 31.4 Å². The zero-order valence-electron chi connectivity index (χ0n) is 12.3. The van der Waals surface area contributed by atoms with E-state index in [9.17, 15) is 8.42 Å². The molecule has 0 atom stereocenters. The lowest BCUT2D eigenvalue weighted by atomic mass is 10.3. The van der Waals surface area contributed by atoms with E-state index in [4.69, 9.17) is 15.7 Å². The van der Waals surface area contributed by atoms with Crippen LogP contribution in [0.4, 0.5) is 5.69 Å². The van der Waals surface area contributed by atoms with Gasteiger partial charge in [0.25, 0.3) is 0 Å². The molecule has 0 spiro atoms. The number of anilines is 1. The molecular weight excluding hydrogens is 290 g/mol. The summed E-state index contributed by atoms with van der Waals surface area (Å²) in [6, 6.07) is 8.71. The van der Waals surface area contributed by atoms with E-state index in [0.29, 0.717) is 11.4 Å². The molecule has 0 aliphatic rings. The molecule has 21 heavy (non-hydrogen) atoms. The third kappa shape index (κ3) is 5.25. The molecule has 2 N–H and O–H groups in total. The number of nitriles is 1. The normalized spacial score (nSPS) is 11.6. The van der Waals surface area contributed by atoms with Crippen molar-refractivity contribution in [2.75, 3.05) is 24.6 Å². The fourth-order valence-corrected chi connectivity index (χ4v) is 3.41. The van der Waals surface area contributed by atoms with Crippen molar-refractivity contribution in [3.63, 3.8) is 0 Å². The zero-order valence-corrected chi connectivity index (χ0v) is 13.1. The number of rotatable bonds is 8. The molecule has 0 aliphatic carbocycles. The molecule has 0 aromatic heterocycles. The second kappa shape index (κ2) is 7.86. The lowest BCUT2D eigenvalue weighted by molar-refractivity contribution is 0.326. The standard InChI is InChI=1S/C14H21N3O3S/c1-12(2)17(9-5-8-15)21(18,19)11-10-20-14-7-4-3-6-13(14)16/h3-4,6-7,12H,5,9-11,16H2,1-2H3. The van der Waals surface area contributed by atoms with Gasteiger partial charge in [-0.05, 0) is 26.0 Å².